The first-order valence-corrected chi connectivity index (χ1v) is 8.34. The molecule has 1 rings (SSSR count). The molecule has 1 fully saturated rings. The second kappa shape index (κ2) is 6.99. The SMILES string of the molecule is CC(C)NCCS(=O)(=O)N(C)CC1(O)CCOCC1. The van der Waals surface area contributed by atoms with E-state index < -0.39 is 15.6 Å². The van der Waals surface area contributed by atoms with Gasteiger partial charge in [-0.25, -0.2) is 12.7 Å². The van der Waals surface area contributed by atoms with Gasteiger partial charge in [0.15, 0.2) is 0 Å². The molecule has 6 nitrogen and oxygen atoms in total. The second-order valence-corrected chi connectivity index (χ2v) is 7.71. The highest BCUT2D eigenvalue weighted by Gasteiger charge is 2.34. The number of nitrogens with zero attached hydrogens (tertiary/aromatic N) is 1. The molecule has 0 unspecified atom stereocenters. The van der Waals surface area contributed by atoms with E-state index in [0.29, 0.717) is 32.6 Å². The summed E-state index contributed by atoms with van der Waals surface area (Å²) in [6.07, 6.45) is 0.966. The maximum atomic E-state index is 12.1. The van der Waals surface area contributed by atoms with Crippen LogP contribution in [0.3, 0.4) is 0 Å². The maximum Gasteiger partial charge on any atom is 0.215 e. The zero-order chi connectivity index (χ0) is 14.5. The number of ether oxygens (including phenoxy) is 1. The number of sulfonamides is 1. The van der Waals surface area contributed by atoms with Crippen LogP contribution in [0.15, 0.2) is 0 Å². The first kappa shape index (κ1) is 16.8. The molecule has 0 aromatic rings. The van der Waals surface area contributed by atoms with Crippen LogP contribution in [0.1, 0.15) is 26.7 Å². The van der Waals surface area contributed by atoms with Gasteiger partial charge in [-0.15, -0.1) is 0 Å². The smallest absolute Gasteiger partial charge is 0.215 e. The van der Waals surface area contributed by atoms with Crippen molar-refractivity contribution in [2.24, 2.45) is 0 Å². The molecule has 1 heterocycles. The predicted octanol–water partition coefficient (Wildman–Crippen LogP) is -0.212. The van der Waals surface area contributed by atoms with Crippen molar-refractivity contribution in [2.45, 2.75) is 38.3 Å². The summed E-state index contributed by atoms with van der Waals surface area (Å²) in [6.45, 7) is 5.48. The van der Waals surface area contributed by atoms with Crippen LogP contribution >= 0.6 is 0 Å². The van der Waals surface area contributed by atoms with E-state index in [-0.39, 0.29) is 18.3 Å². The van der Waals surface area contributed by atoms with E-state index in [0.717, 1.165) is 0 Å². The molecule has 0 aliphatic carbocycles. The summed E-state index contributed by atoms with van der Waals surface area (Å²) in [6, 6.07) is 0.264. The Balaban J connectivity index is 2.48. The third kappa shape index (κ3) is 5.74. The zero-order valence-electron chi connectivity index (χ0n) is 12.1. The molecule has 1 aliphatic rings. The second-order valence-electron chi connectivity index (χ2n) is 5.52. The molecule has 0 amide bonds. The molecule has 2 N–H and O–H groups in total. The molecule has 0 bridgehead atoms. The molecule has 0 aromatic heterocycles. The lowest BCUT2D eigenvalue weighted by atomic mass is 9.95. The average Bonchev–Trinajstić information content (AvgIpc) is 2.28. The fraction of sp³-hybridized carbons (Fsp3) is 1.00. The molecule has 7 heteroatoms. The molecule has 1 aliphatic heterocycles. The molecule has 19 heavy (non-hydrogen) atoms. The van der Waals surface area contributed by atoms with Crippen LogP contribution in [-0.2, 0) is 14.8 Å². The Morgan fingerprint density at radius 3 is 2.47 bits per heavy atom. The summed E-state index contributed by atoms with van der Waals surface area (Å²) in [5.74, 6) is 0.0499. The van der Waals surface area contributed by atoms with Gasteiger partial charge in [0.2, 0.25) is 10.0 Å². The first-order chi connectivity index (χ1) is 8.75. The van der Waals surface area contributed by atoms with Crippen molar-refractivity contribution in [3.05, 3.63) is 0 Å². The van der Waals surface area contributed by atoms with Crippen LogP contribution < -0.4 is 5.32 Å². The van der Waals surface area contributed by atoms with Crippen molar-refractivity contribution in [1.29, 1.82) is 0 Å². The highest BCUT2D eigenvalue weighted by Crippen LogP contribution is 2.22. The van der Waals surface area contributed by atoms with Crippen LogP contribution in [0, 0.1) is 0 Å². The van der Waals surface area contributed by atoms with E-state index in [9.17, 15) is 13.5 Å². The van der Waals surface area contributed by atoms with Gasteiger partial charge in [-0.2, -0.15) is 0 Å². The Morgan fingerprint density at radius 2 is 1.95 bits per heavy atom. The van der Waals surface area contributed by atoms with Crippen molar-refractivity contribution in [1.82, 2.24) is 9.62 Å². The molecular formula is C12H26N2O4S. The van der Waals surface area contributed by atoms with Crippen molar-refractivity contribution >= 4 is 10.0 Å². The molecule has 0 saturated carbocycles. The minimum atomic E-state index is -3.32. The van der Waals surface area contributed by atoms with Crippen molar-refractivity contribution in [3.63, 3.8) is 0 Å². The van der Waals surface area contributed by atoms with E-state index in [2.05, 4.69) is 5.32 Å². The summed E-state index contributed by atoms with van der Waals surface area (Å²) in [7, 11) is -1.80. The Hall–Kier alpha value is -0.210. The van der Waals surface area contributed by atoms with Gasteiger partial charge >= 0.3 is 0 Å². The number of hydrogen-bond acceptors (Lipinski definition) is 5. The van der Waals surface area contributed by atoms with E-state index in [1.807, 2.05) is 13.8 Å². The third-order valence-corrected chi connectivity index (χ3v) is 5.13. The summed E-state index contributed by atoms with van der Waals surface area (Å²) in [5, 5.41) is 13.4. The highest BCUT2D eigenvalue weighted by molar-refractivity contribution is 7.89. The lowest BCUT2D eigenvalue weighted by molar-refractivity contribution is -0.0689. The first-order valence-electron chi connectivity index (χ1n) is 6.73. The number of rotatable bonds is 7. The topological polar surface area (TPSA) is 78.9 Å². The number of nitrogens with one attached hydrogen (secondary N) is 1. The van der Waals surface area contributed by atoms with E-state index >= 15 is 0 Å². The quantitative estimate of drug-likeness (QED) is 0.679. The van der Waals surface area contributed by atoms with Gasteiger partial charge in [-0.05, 0) is 0 Å². The Labute approximate surface area is 116 Å². The molecule has 0 aromatic carbocycles. The van der Waals surface area contributed by atoms with Crippen LogP contribution in [0.5, 0.6) is 0 Å². The van der Waals surface area contributed by atoms with Gasteiger partial charge in [-0.1, -0.05) is 13.8 Å². The van der Waals surface area contributed by atoms with Gasteiger partial charge in [0.1, 0.15) is 0 Å². The number of aliphatic hydroxyl groups is 1. The fourth-order valence-electron chi connectivity index (χ4n) is 2.05. The van der Waals surface area contributed by atoms with Crippen LogP contribution in [-0.4, -0.2) is 68.6 Å². The van der Waals surface area contributed by atoms with Crippen LogP contribution in [0.4, 0.5) is 0 Å². The van der Waals surface area contributed by atoms with Crippen LogP contribution in [0.2, 0.25) is 0 Å². The number of hydrogen-bond donors (Lipinski definition) is 2. The largest absolute Gasteiger partial charge is 0.388 e. The molecule has 0 spiro atoms. The summed E-state index contributed by atoms with van der Waals surface area (Å²) < 4.78 is 30.6. The normalized spacial score (nSPS) is 20.1. The van der Waals surface area contributed by atoms with Crippen molar-refractivity contribution in [2.75, 3.05) is 39.1 Å². The Bertz CT molecular complexity index is 364. The van der Waals surface area contributed by atoms with Crippen molar-refractivity contribution < 1.29 is 18.3 Å². The lowest BCUT2D eigenvalue weighted by Crippen LogP contribution is -2.48. The third-order valence-electron chi connectivity index (χ3n) is 3.33. The highest BCUT2D eigenvalue weighted by atomic mass is 32.2. The van der Waals surface area contributed by atoms with Crippen LogP contribution in [0.25, 0.3) is 0 Å². The fourth-order valence-corrected chi connectivity index (χ4v) is 3.18. The molecule has 1 saturated heterocycles. The molecule has 114 valence electrons. The van der Waals surface area contributed by atoms with Crippen molar-refractivity contribution in [3.8, 4) is 0 Å². The van der Waals surface area contributed by atoms with Gasteiger partial charge in [0, 0.05) is 52.2 Å². The zero-order valence-corrected chi connectivity index (χ0v) is 12.9. The standard InChI is InChI=1S/C12H26N2O4S/c1-11(2)13-6-9-19(16,17)14(3)10-12(15)4-7-18-8-5-12/h11,13,15H,4-10H2,1-3H3. The predicted molar refractivity (Wildman–Crippen MR) is 74.6 cm³/mol. The van der Waals surface area contributed by atoms with Gasteiger partial charge < -0.3 is 15.2 Å². The summed E-state index contributed by atoms with van der Waals surface area (Å²) >= 11 is 0. The van der Waals surface area contributed by atoms with E-state index in [1.54, 1.807) is 0 Å². The summed E-state index contributed by atoms with van der Waals surface area (Å²) in [5.41, 5.74) is -0.953. The molecular weight excluding hydrogens is 268 g/mol. The van der Waals surface area contributed by atoms with Gasteiger partial charge in [0.25, 0.3) is 0 Å². The maximum absolute atomic E-state index is 12.1. The molecule has 0 radical (unpaired) electrons. The van der Waals surface area contributed by atoms with Gasteiger partial charge in [0.05, 0.1) is 11.4 Å². The Morgan fingerprint density at radius 1 is 1.37 bits per heavy atom. The minimum Gasteiger partial charge on any atom is -0.388 e. The van der Waals surface area contributed by atoms with E-state index in [4.69, 9.17) is 4.74 Å². The van der Waals surface area contributed by atoms with E-state index in [1.165, 1.54) is 11.4 Å². The van der Waals surface area contributed by atoms with Gasteiger partial charge in [-0.3, -0.25) is 0 Å². The Kier molecular flexibility index (Phi) is 6.19. The monoisotopic (exact) mass is 294 g/mol. The number of likely N-dealkylation sites (N-methyl/N-ethyl adjacent to an activating group) is 1. The lowest BCUT2D eigenvalue weighted by Gasteiger charge is -2.35. The minimum absolute atomic E-state index is 0.0499. The average molecular weight is 294 g/mol. The molecule has 0 atom stereocenters. The summed E-state index contributed by atoms with van der Waals surface area (Å²) in [4.78, 5) is 0.